The molecular formula is C19H18N2O2. The zero-order valence-corrected chi connectivity index (χ0v) is 12.9. The highest BCUT2D eigenvalue weighted by atomic mass is 16.3. The molecule has 0 fully saturated rings. The molecule has 0 aliphatic rings. The Kier molecular flexibility index (Phi) is 4.24. The first kappa shape index (κ1) is 15.0. The number of phenols is 1. The van der Waals surface area contributed by atoms with Crippen LogP contribution in [0.25, 0.3) is 10.9 Å². The van der Waals surface area contributed by atoms with Gasteiger partial charge in [-0.1, -0.05) is 24.3 Å². The molecule has 0 atom stereocenters. The largest absolute Gasteiger partial charge is 0.508 e. The van der Waals surface area contributed by atoms with E-state index in [2.05, 4.69) is 10.3 Å². The summed E-state index contributed by atoms with van der Waals surface area (Å²) < 4.78 is 0. The third-order valence-corrected chi connectivity index (χ3v) is 3.87. The number of hydrogen-bond donors (Lipinski definition) is 2. The molecule has 1 aromatic heterocycles. The van der Waals surface area contributed by atoms with Crippen LogP contribution in [0.1, 0.15) is 16.7 Å². The Hall–Kier alpha value is -2.88. The van der Waals surface area contributed by atoms with Crippen LogP contribution < -0.4 is 5.32 Å². The molecule has 0 saturated carbocycles. The minimum atomic E-state index is -0.0732. The number of aryl methyl sites for hydroxylation is 1. The molecule has 23 heavy (non-hydrogen) atoms. The van der Waals surface area contributed by atoms with Gasteiger partial charge in [0.15, 0.2) is 0 Å². The van der Waals surface area contributed by atoms with Crippen molar-refractivity contribution in [3.8, 4) is 5.75 Å². The van der Waals surface area contributed by atoms with Gasteiger partial charge in [0.25, 0.3) is 0 Å². The lowest BCUT2D eigenvalue weighted by atomic mass is 10.0. The van der Waals surface area contributed by atoms with E-state index in [1.807, 2.05) is 37.3 Å². The zero-order chi connectivity index (χ0) is 16.2. The van der Waals surface area contributed by atoms with E-state index in [0.29, 0.717) is 6.54 Å². The fourth-order valence-corrected chi connectivity index (χ4v) is 2.66. The SMILES string of the molecule is Cc1ccc2ncccc2c1CNC(=O)Cc1cccc(O)c1. The molecule has 1 amide bonds. The zero-order valence-electron chi connectivity index (χ0n) is 12.9. The van der Waals surface area contributed by atoms with Crippen LogP contribution in [0.4, 0.5) is 0 Å². The molecule has 0 unspecified atom stereocenters. The molecule has 4 nitrogen and oxygen atoms in total. The van der Waals surface area contributed by atoms with Gasteiger partial charge < -0.3 is 10.4 Å². The average Bonchev–Trinajstić information content (AvgIpc) is 2.54. The van der Waals surface area contributed by atoms with Crippen LogP contribution in [0.3, 0.4) is 0 Å². The van der Waals surface area contributed by atoms with Crippen LogP contribution in [-0.2, 0) is 17.8 Å². The Morgan fingerprint density at radius 1 is 1.17 bits per heavy atom. The molecule has 3 aromatic rings. The Labute approximate surface area is 134 Å². The van der Waals surface area contributed by atoms with E-state index in [1.54, 1.807) is 24.4 Å². The summed E-state index contributed by atoms with van der Waals surface area (Å²) in [5.41, 5.74) is 3.93. The van der Waals surface area contributed by atoms with Crippen molar-refractivity contribution in [1.29, 1.82) is 0 Å². The van der Waals surface area contributed by atoms with Crippen molar-refractivity contribution >= 4 is 16.8 Å². The van der Waals surface area contributed by atoms with E-state index in [-0.39, 0.29) is 18.1 Å². The summed E-state index contributed by atoms with van der Waals surface area (Å²) in [4.78, 5) is 16.5. The van der Waals surface area contributed by atoms with E-state index < -0.39 is 0 Å². The molecule has 0 aliphatic carbocycles. The number of pyridine rings is 1. The minimum absolute atomic E-state index is 0.0732. The van der Waals surface area contributed by atoms with E-state index in [9.17, 15) is 9.90 Å². The number of rotatable bonds is 4. The maximum absolute atomic E-state index is 12.1. The number of aromatic hydroxyl groups is 1. The van der Waals surface area contributed by atoms with E-state index in [4.69, 9.17) is 0 Å². The van der Waals surface area contributed by atoms with Crippen molar-refractivity contribution in [2.45, 2.75) is 19.9 Å². The van der Waals surface area contributed by atoms with Crippen molar-refractivity contribution in [3.05, 3.63) is 71.4 Å². The van der Waals surface area contributed by atoms with Crippen molar-refractivity contribution in [1.82, 2.24) is 10.3 Å². The lowest BCUT2D eigenvalue weighted by Gasteiger charge is -2.11. The molecule has 4 heteroatoms. The van der Waals surface area contributed by atoms with Crippen LogP contribution in [0.5, 0.6) is 5.75 Å². The van der Waals surface area contributed by atoms with Crippen LogP contribution in [0, 0.1) is 6.92 Å². The van der Waals surface area contributed by atoms with Crippen molar-refractivity contribution < 1.29 is 9.90 Å². The van der Waals surface area contributed by atoms with Crippen LogP contribution in [-0.4, -0.2) is 16.0 Å². The first-order valence-corrected chi connectivity index (χ1v) is 7.51. The lowest BCUT2D eigenvalue weighted by Crippen LogP contribution is -2.25. The van der Waals surface area contributed by atoms with Crippen molar-refractivity contribution in [2.75, 3.05) is 0 Å². The van der Waals surface area contributed by atoms with Gasteiger partial charge in [0.05, 0.1) is 11.9 Å². The molecule has 3 rings (SSSR count). The van der Waals surface area contributed by atoms with Crippen LogP contribution >= 0.6 is 0 Å². The summed E-state index contributed by atoms with van der Waals surface area (Å²) in [7, 11) is 0. The quantitative estimate of drug-likeness (QED) is 0.778. The maximum Gasteiger partial charge on any atom is 0.224 e. The highest BCUT2D eigenvalue weighted by molar-refractivity contribution is 5.84. The lowest BCUT2D eigenvalue weighted by molar-refractivity contribution is -0.120. The predicted molar refractivity (Wildman–Crippen MR) is 90.1 cm³/mol. The number of phenolic OH excluding ortho intramolecular Hbond substituents is 1. The minimum Gasteiger partial charge on any atom is -0.508 e. The third-order valence-electron chi connectivity index (χ3n) is 3.87. The summed E-state index contributed by atoms with van der Waals surface area (Å²) in [6, 6.07) is 14.7. The fraction of sp³-hybridized carbons (Fsp3) is 0.158. The van der Waals surface area contributed by atoms with Crippen molar-refractivity contribution in [2.24, 2.45) is 0 Å². The second-order valence-corrected chi connectivity index (χ2v) is 5.55. The molecule has 0 aliphatic heterocycles. The summed E-state index contributed by atoms with van der Waals surface area (Å²) in [6.07, 6.45) is 2.01. The monoisotopic (exact) mass is 306 g/mol. The van der Waals surface area contributed by atoms with E-state index >= 15 is 0 Å². The summed E-state index contributed by atoms with van der Waals surface area (Å²) in [5, 5.41) is 13.5. The van der Waals surface area contributed by atoms with Gasteiger partial charge in [-0.2, -0.15) is 0 Å². The Balaban J connectivity index is 1.73. The molecule has 2 N–H and O–H groups in total. The number of nitrogens with one attached hydrogen (secondary N) is 1. The molecule has 2 aromatic carbocycles. The number of aromatic nitrogens is 1. The number of nitrogens with zero attached hydrogens (tertiary/aromatic N) is 1. The highest BCUT2D eigenvalue weighted by Crippen LogP contribution is 2.20. The normalized spacial score (nSPS) is 10.7. The average molecular weight is 306 g/mol. The van der Waals surface area contributed by atoms with Gasteiger partial charge in [-0.25, -0.2) is 0 Å². The molecule has 0 spiro atoms. The van der Waals surface area contributed by atoms with Gasteiger partial charge >= 0.3 is 0 Å². The van der Waals surface area contributed by atoms with Crippen LogP contribution in [0.2, 0.25) is 0 Å². The Morgan fingerprint density at radius 2 is 2.04 bits per heavy atom. The summed E-state index contributed by atoms with van der Waals surface area (Å²) in [5.74, 6) is 0.0992. The first-order valence-electron chi connectivity index (χ1n) is 7.51. The van der Waals surface area contributed by atoms with Crippen molar-refractivity contribution in [3.63, 3.8) is 0 Å². The van der Waals surface area contributed by atoms with Gasteiger partial charge in [0, 0.05) is 18.1 Å². The summed E-state index contributed by atoms with van der Waals surface area (Å²) >= 11 is 0. The van der Waals surface area contributed by atoms with E-state index in [0.717, 1.165) is 27.6 Å². The maximum atomic E-state index is 12.1. The molecule has 0 bridgehead atoms. The first-order chi connectivity index (χ1) is 11.1. The fourth-order valence-electron chi connectivity index (χ4n) is 2.66. The number of benzene rings is 2. The standard InChI is InChI=1S/C19H18N2O2/c1-13-7-8-18-16(6-3-9-20-18)17(13)12-21-19(23)11-14-4-2-5-15(22)10-14/h2-10,22H,11-12H2,1H3,(H,21,23). The molecule has 1 heterocycles. The number of fused-ring (bicyclic) bond motifs is 1. The number of carbonyl (C=O) groups is 1. The number of hydrogen-bond acceptors (Lipinski definition) is 3. The van der Waals surface area contributed by atoms with Gasteiger partial charge in [-0.05, 0) is 47.9 Å². The molecule has 0 radical (unpaired) electrons. The Morgan fingerprint density at radius 3 is 2.87 bits per heavy atom. The molecule has 0 saturated heterocycles. The van der Waals surface area contributed by atoms with Gasteiger partial charge in [-0.3, -0.25) is 9.78 Å². The second-order valence-electron chi connectivity index (χ2n) is 5.55. The Bertz CT molecular complexity index is 859. The third kappa shape index (κ3) is 3.48. The van der Waals surface area contributed by atoms with E-state index in [1.165, 1.54) is 0 Å². The predicted octanol–water partition coefficient (Wildman–Crippen LogP) is 3.11. The smallest absolute Gasteiger partial charge is 0.224 e. The topological polar surface area (TPSA) is 62.2 Å². The number of amides is 1. The molecule has 116 valence electrons. The van der Waals surface area contributed by atoms with Gasteiger partial charge in [0.1, 0.15) is 5.75 Å². The highest BCUT2D eigenvalue weighted by Gasteiger charge is 2.08. The van der Waals surface area contributed by atoms with Crippen LogP contribution in [0.15, 0.2) is 54.7 Å². The summed E-state index contributed by atoms with van der Waals surface area (Å²) in [6.45, 7) is 2.50. The van der Waals surface area contributed by atoms with Gasteiger partial charge in [-0.15, -0.1) is 0 Å². The molecular weight excluding hydrogens is 288 g/mol. The number of carbonyl (C=O) groups excluding carboxylic acids is 1. The second kappa shape index (κ2) is 6.48. The van der Waals surface area contributed by atoms with Gasteiger partial charge in [0.2, 0.25) is 5.91 Å².